The molecule has 1 saturated carbocycles. The van der Waals surface area contributed by atoms with E-state index in [0.29, 0.717) is 16.9 Å². The minimum atomic E-state index is -0.376. The first-order valence-electron chi connectivity index (χ1n) is 4.33. The van der Waals surface area contributed by atoms with Gasteiger partial charge in [-0.2, -0.15) is 0 Å². The molecule has 0 amide bonds. The highest BCUT2D eigenvalue weighted by molar-refractivity contribution is 6.30. The van der Waals surface area contributed by atoms with Gasteiger partial charge in [0.05, 0.1) is 5.02 Å². The molecule has 0 radical (unpaired) electrons. The standard InChI is InChI=1S/C9H10ClFN2/c10-6-4-8(11)9(12-5-6)13-7-2-1-3-7/h4-5,7H,1-3H2,(H,12,13). The number of aromatic nitrogens is 1. The van der Waals surface area contributed by atoms with Crippen molar-refractivity contribution in [3.05, 3.63) is 23.1 Å². The second-order valence-electron chi connectivity index (χ2n) is 3.26. The van der Waals surface area contributed by atoms with Crippen molar-refractivity contribution in [1.29, 1.82) is 0 Å². The summed E-state index contributed by atoms with van der Waals surface area (Å²) in [5, 5.41) is 3.36. The van der Waals surface area contributed by atoms with E-state index in [9.17, 15) is 4.39 Å². The quantitative estimate of drug-likeness (QED) is 0.794. The van der Waals surface area contributed by atoms with Crippen LogP contribution < -0.4 is 5.32 Å². The highest BCUT2D eigenvalue weighted by Crippen LogP contribution is 2.24. The van der Waals surface area contributed by atoms with Gasteiger partial charge in [-0.1, -0.05) is 11.6 Å². The molecule has 70 valence electrons. The van der Waals surface area contributed by atoms with Crippen molar-refractivity contribution in [2.45, 2.75) is 25.3 Å². The molecule has 1 heterocycles. The predicted octanol–water partition coefficient (Wildman–Crippen LogP) is 2.84. The lowest BCUT2D eigenvalue weighted by Crippen LogP contribution is -2.27. The summed E-state index contributed by atoms with van der Waals surface area (Å²) >= 11 is 5.57. The summed E-state index contributed by atoms with van der Waals surface area (Å²) in [6.45, 7) is 0. The van der Waals surface area contributed by atoms with Gasteiger partial charge in [0, 0.05) is 12.2 Å². The number of halogens is 2. The molecule has 0 saturated heterocycles. The van der Waals surface area contributed by atoms with Gasteiger partial charge in [-0.3, -0.25) is 0 Å². The summed E-state index contributed by atoms with van der Waals surface area (Å²) in [6.07, 6.45) is 4.87. The van der Waals surface area contributed by atoms with Crippen molar-refractivity contribution in [2.75, 3.05) is 5.32 Å². The van der Waals surface area contributed by atoms with E-state index in [1.165, 1.54) is 18.7 Å². The van der Waals surface area contributed by atoms with Crippen LogP contribution >= 0.6 is 11.6 Å². The Kier molecular flexibility index (Phi) is 2.36. The summed E-state index contributed by atoms with van der Waals surface area (Å²) in [7, 11) is 0. The fraction of sp³-hybridized carbons (Fsp3) is 0.444. The monoisotopic (exact) mass is 200 g/mol. The molecule has 2 rings (SSSR count). The van der Waals surface area contributed by atoms with E-state index in [1.807, 2.05) is 0 Å². The highest BCUT2D eigenvalue weighted by Gasteiger charge is 2.18. The first-order chi connectivity index (χ1) is 6.25. The molecule has 0 atom stereocenters. The van der Waals surface area contributed by atoms with Crippen LogP contribution in [0.25, 0.3) is 0 Å². The fourth-order valence-electron chi connectivity index (χ4n) is 1.27. The third-order valence-electron chi connectivity index (χ3n) is 2.25. The van der Waals surface area contributed by atoms with Gasteiger partial charge in [0.25, 0.3) is 0 Å². The molecule has 0 unspecified atom stereocenters. The average molecular weight is 201 g/mol. The zero-order valence-corrected chi connectivity index (χ0v) is 7.81. The Hall–Kier alpha value is -0.830. The van der Waals surface area contributed by atoms with Crippen molar-refractivity contribution < 1.29 is 4.39 Å². The maximum absolute atomic E-state index is 13.2. The molecule has 1 N–H and O–H groups in total. The number of nitrogens with one attached hydrogen (secondary N) is 1. The first-order valence-corrected chi connectivity index (χ1v) is 4.71. The zero-order chi connectivity index (χ0) is 9.26. The number of anilines is 1. The predicted molar refractivity (Wildman–Crippen MR) is 50.5 cm³/mol. The molecular weight excluding hydrogens is 191 g/mol. The van der Waals surface area contributed by atoms with Crippen LogP contribution in [0, 0.1) is 5.82 Å². The lowest BCUT2D eigenvalue weighted by Gasteiger charge is -2.26. The topological polar surface area (TPSA) is 24.9 Å². The molecule has 13 heavy (non-hydrogen) atoms. The van der Waals surface area contributed by atoms with Crippen molar-refractivity contribution in [1.82, 2.24) is 4.98 Å². The Morgan fingerprint density at radius 1 is 1.54 bits per heavy atom. The van der Waals surface area contributed by atoms with Crippen molar-refractivity contribution in [3.63, 3.8) is 0 Å². The second-order valence-corrected chi connectivity index (χ2v) is 3.69. The van der Waals surface area contributed by atoms with Crippen LogP contribution in [0.15, 0.2) is 12.3 Å². The third kappa shape index (κ3) is 1.91. The molecule has 1 fully saturated rings. The molecule has 1 aliphatic rings. The fourth-order valence-corrected chi connectivity index (χ4v) is 1.41. The van der Waals surface area contributed by atoms with E-state index in [0.717, 1.165) is 12.8 Å². The summed E-state index contributed by atoms with van der Waals surface area (Å²) in [6, 6.07) is 1.67. The number of rotatable bonds is 2. The van der Waals surface area contributed by atoms with Gasteiger partial charge in [0.15, 0.2) is 11.6 Å². The van der Waals surface area contributed by atoms with Crippen LogP contribution in [0.5, 0.6) is 0 Å². The SMILES string of the molecule is Fc1cc(Cl)cnc1NC1CCC1. The van der Waals surface area contributed by atoms with Crippen LogP contribution in [0.4, 0.5) is 10.2 Å². The molecule has 0 bridgehead atoms. The lowest BCUT2D eigenvalue weighted by molar-refractivity contribution is 0.441. The normalized spacial score (nSPS) is 16.8. The van der Waals surface area contributed by atoms with E-state index in [-0.39, 0.29) is 5.82 Å². The summed E-state index contributed by atoms with van der Waals surface area (Å²) < 4.78 is 13.2. The minimum Gasteiger partial charge on any atom is -0.365 e. The highest BCUT2D eigenvalue weighted by atomic mass is 35.5. The van der Waals surface area contributed by atoms with Gasteiger partial charge >= 0.3 is 0 Å². The third-order valence-corrected chi connectivity index (χ3v) is 2.46. The number of pyridine rings is 1. The zero-order valence-electron chi connectivity index (χ0n) is 7.06. The summed E-state index contributed by atoms with van der Waals surface area (Å²) in [5.74, 6) is -0.0616. The molecule has 0 aliphatic heterocycles. The van der Waals surface area contributed by atoms with Gasteiger partial charge in [0.1, 0.15) is 0 Å². The van der Waals surface area contributed by atoms with E-state index in [4.69, 9.17) is 11.6 Å². The van der Waals surface area contributed by atoms with Gasteiger partial charge in [-0.25, -0.2) is 9.37 Å². The van der Waals surface area contributed by atoms with Gasteiger partial charge < -0.3 is 5.32 Å². The Balaban J connectivity index is 2.10. The van der Waals surface area contributed by atoms with Crippen LogP contribution in [0.2, 0.25) is 5.02 Å². The van der Waals surface area contributed by atoms with Crippen molar-refractivity contribution >= 4 is 17.4 Å². The van der Waals surface area contributed by atoms with Gasteiger partial charge in [0.2, 0.25) is 0 Å². The Morgan fingerprint density at radius 2 is 2.31 bits per heavy atom. The van der Waals surface area contributed by atoms with E-state index in [1.54, 1.807) is 0 Å². The van der Waals surface area contributed by atoms with Crippen molar-refractivity contribution in [3.8, 4) is 0 Å². The molecule has 1 aromatic heterocycles. The summed E-state index contributed by atoms with van der Waals surface area (Å²) in [5.41, 5.74) is 0. The largest absolute Gasteiger partial charge is 0.365 e. The van der Waals surface area contributed by atoms with Crippen LogP contribution in [-0.4, -0.2) is 11.0 Å². The van der Waals surface area contributed by atoms with Crippen LogP contribution in [0.3, 0.4) is 0 Å². The Labute approximate surface area is 81.1 Å². The van der Waals surface area contributed by atoms with Gasteiger partial charge in [-0.05, 0) is 25.3 Å². The second kappa shape index (κ2) is 3.50. The van der Waals surface area contributed by atoms with Crippen LogP contribution in [-0.2, 0) is 0 Å². The summed E-state index contributed by atoms with van der Waals surface area (Å²) in [4.78, 5) is 3.88. The molecule has 1 aromatic rings. The number of hydrogen-bond donors (Lipinski definition) is 1. The number of hydrogen-bond acceptors (Lipinski definition) is 2. The van der Waals surface area contributed by atoms with Gasteiger partial charge in [-0.15, -0.1) is 0 Å². The Morgan fingerprint density at radius 3 is 2.85 bits per heavy atom. The smallest absolute Gasteiger partial charge is 0.166 e. The lowest BCUT2D eigenvalue weighted by atomic mass is 9.93. The maximum Gasteiger partial charge on any atom is 0.166 e. The molecule has 4 heteroatoms. The molecule has 0 spiro atoms. The number of nitrogens with zero attached hydrogens (tertiary/aromatic N) is 1. The maximum atomic E-state index is 13.2. The van der Waals surface area contributed by atoms with Crippen LogP contribution in [0.1, 0.15) is 19.3 Å². The molecule has 1 aliphatic carbocycles. The minimum absolute atomic E-state index is 0.314. The molecule has 0 aromatic carbocycles. The van der Waals surface area contributed by atoms with E-state index in [2.05, 4.69) is 10.3 Å². The Bertz CT molecular complexity index is 312. The molecule has 2 nitrogen and oxygen atoms in total. The van der Waals surface area contributed by atoms with Crippen molar-refractivity contribution in [2.24, 2.45) is 0 Å². The average Bonchev–Trinajstić information content (AvgIpc) is 1.99. The molecular formula is C9H10ClFN2. The first kappa shape index (κ1) is 8.75. The van der Waals surface area contributed by atoms with E-state index >= 15 is 0 Å². The van der Waals surface area contributed by atoms with E-state index < -0.39 is 0 Å².